The Kier molecular flexibility index (Phi) is 4.08. The summed E-state index contributed by atoms with van der Waals surface area (Å²) in [5, 5.41) is 10.5. The van der Waals surface area contributed by atoms with E-state index >= 15 is 0 Å². The van der Waals surface area contributed by atoms with Crippen LogP contribution >= 0.6 is 0 Å². The fourth-order valence-corrected chi connectivity index (χ4v) is 7.11. The lowest BCUT2D eigenvalue weighted by Crippen LogP contribution is -2.78. The number of benzene rings is 1. The highest BCUT2D eigenvalue weighted by Crippen LogP contribution is 2.69. The van der Waals surface area contributed by atoms with E-state index in [-0.39, 0.29) is 18.1 Å². The molecule has 2 bridgehead atoms. The van der Waals surface area contributed by atoms with E-state index in [0.29, 0.717) is 30.9 Å². The van der Waals surface area contributed by atoms with Crippen molar-refractivity contribution in [1.29, 1.82) is 0 Å². The first-order chi connectivity index (χ1) is 14.4. The quantitative estimate of drug-likeness (QED) is 0.572. The average molecular weight is 414 g/mol. The van der Waals surface area contributed by atoms with Crippen LogP contribution in [-0.4, -0.2) is 67.2 Å². The van der Waals surface area contributed by atoms with Gasteiger partial charge < -0.3 is 14.6 Å². The van der Waals surface area contributed by atoms with Crippen molar-refractivity contribution in [3.05, 3.63) is 23.8 Å². The van der Waals surface area contributed by atoms with Gasteiger partial charge in [0.25, 0.3) is 0 Å². The van der Waals surface area contributed by atoms with Gasteiger partial charge in [-0.3, -0.25) is 24.2 Å². The molecule has 1 spiro atoms. The van der Waals surface area contributed by atoms with Crippen LogP contribution in [0.3, 0.4) is 0 Å². The smallest absolute Gasteiger partial charge is 0.312 e. The fraction of sp³-hybridized carbons (Fsp3) is 0.591. The van der Waals surface area contributed by atoms with Gasteiger partial charge in [-0.15, -0.1) is 0 Å². The molecule has 30 heavy (non-hydrogen) atoms. The minimum Gasteiger partial charge on any atom is -0.495 e. The Morgan fingerprint density at radius 3 is 2.77 bits per heavy atom. The van der Waals surface area contributed by atoms with Gasteiger partial charge in [0.05, 0.1) is 37.3 Å². The molecule has 1 aliphatic carbocycles. The first kappa shape index (κ1) is 19.5. The van der Waals surface area contributed by atoms with Crippen LogP contribution in [-0.2, 0) is 24.5 Å². The Morgan fingerprint density at radius 1 is 1.37 bits per heavy atom. The first-order valence-corrected chi connectivity index (χ1v) is 10.4. The van der Waals surface area contributed by atoms with Crippen molar-refractivity contribution in [2.24, 2.45) is 17.8 Å². The largest absolute Gasteiger partial charge is 0.495 e. The zero-order chi connectivity index (χ0) is 21.4. The molecule has 1 amide bonds. The first-order valence-electron chi connectivity index (χ1n) is 10.4. The fourth-order valence-electron chi connectivity index (χ4n) is 7.11. The van der Waals surface area contributed by atoms with Crippen molar-refractivity contribution in [3.63, 3.8) is 0 Å². The summed E-state index contributed by atoms with van der Waals surface area (Å²) in [5.41, 5.74) is -0.900. The van der Waals surface area contributed by atoms with Crippen molar-refractivity contribution in [2.45, 2.75) is 36.9 Å². The highest BCUT2D eigenvalue weighted by Gasteiger charge is 2.81. The van der Waals surface area contributed by atoms with E-state index in [4.69, 9.17) is 9.47 Å². The number of ether oxygens (including phenoxy) is 2. The number of aliphatic hydroxyl groups is 1. The summed E-state index contributed by atoms with van der Waals surface area (Å²) >= 11 is 0. The van der Waals surface area contributed by atoms with Gasteiger partial charge in [-0.1, -0.05) is 12.1 Å². The minimum atomic E-state index is -1.18. The van der Waals surface area contributed by atoms with Crippen LogP contribution in [0.1, 0.15) is 25.3 Å². The monoisotopic (exact) mass is 414 g/mol. The lowest BCUT2D eigenvalue weighted by Gasteiger charge is -2.61. The van der Waals surface area contributed by atoms with E-state index in [1.54, 1.807) is 17.9 Å². The number of amides is 1. The van der Waals surface area contributed by atoms with E-state index in [9.17, 15) is 19.5 Å². The Morgan fingerprint density at radius 2 is 2.13 bits per heavy atom. The van der Waals surface area contributed by atoms with Gasteiger partial charge in [-0.2, -0.15) is 0 Å². The molecule has 0 aromatic heterocycles. The Bertz CT molecular complexity index is 948. The van der Waals surface area contributed by atoms with Crippen molar-refractivity contribution in [3.8, 4) is 5.75 Å². The molecule has 160 valence electrons. The second-order valence-corrected chi connectivity index (χ2v) is 8.86. The van der Waals surface area contributed by atoms with E-state index in [1.807, 2.05) is 12.1 Å². The third kappa shape index (κ3) is 1.88. The molecular weight excluding hydrogens is 388 g/mol. The van der Waals surface area contributed by atoms with Crippen LogP contribution in [0.15, 0.2) is 18.2 Å². The Labute approximate surface area is 174 Å². The third-order valence-electron chi connectivity index (χ3n) is 8.07. The number of aliphatic hydroxyl groups excluding tert-OH is 1. The summed E-state index contributed by atoms with van der Waals surface area (Å²) in [6, 6.07) is 5.46. The molecule has 1 N–H and O–H groups in total. The molecule has 8 heteroatoms. The minimum absolute atomic E-state index is 0.0133. The van der Waals surface area contributed by atoms with E-state index < -0.39 is 35.0 Å². The van der Waals surface area contributed by atoms with Crippen LogP contribution in [0.25, 0.3) is 0 Å². The number of hydrogen-bond acceptors (Lipinski definition) is 7. The molecule has 3 aliphatic heterocycles. The van der Waals surface area contributed by atoms with Crippen LogP contribution in [0.4, 0.5) is 5.69 Å². The molecule has 3 fully saturated rings. The molecule has 3 heterocycles. The average Bonchev–Trinajstić information content (AvgIpc) is 3.23. The predicted molar refractivity (Wildman–Crippen MR) is 106 cm³/mol. The van der Waals surface area contributed by atoms with E-state index in [2.05, 4.69) is 4.90 Å². The maximum Gasteiger partial charge on any atom is 0.312 e. The van der Waals surface area contributed by atoms with Gasteiger partial charge in [-0.25, -0.2) is 0 Å². The molecule has 2 saturated heterocycles. The summed E-state index contributed by atoms with van der Waals surface area (Å²) < 4.78 is 10.8. The number of fused-ring (bicyclic) bond motifs is 2. The maximum absolute atomic E-state index is 13.9. The number of carbonyl (C=O) groups excluding carboxylic acids is 3. The number of rotatable bonds is 4. The molecule has 0 radical (unpaired) electrons. The van der Waals surface area contributed by atoms with Crippen molar-refractivity contribution in [2.75, 3.05) is 32.2 Å². The van der Waals surface area contributed by atoms with Crippen molar-refractivity contribution in [1.82, 2.24) is 4.90 Å². The number of Topliss-reactive ketones (excluding diaryl/α,β-unsaturated/α-hetero) is 1. The topological polar surface area (TPSA) is 96.4 Å². The van der Waals surface area contributed by atoms with Crippen LogP contribution in [0.5, 0.6) is 5.75 Å². The maximum atomic E-state index is 13.9. The number of carbonyl (C=O) groups is 3. The predicted octanol–water partition coefficient (Wildman–Crippen LogP) is 0.700. The number of ketones is 1. The number of anilines is 1. The molecule has 5 rings (SSSR count). The SMILES string of the molecule is COC(=O)C1C2CC(=O)C34CCN(CC2C(C)O)C13N(C=O)c1c(OC)cccc14. The number of methoxy groups -OCH3 is 2. The third-order valence-corrected chi connectivity index (χ3v) is 8.07. The van der Waals surface area contributed by atoms with Gasteiger partial charge in [-0.05, 0) is 30.9 Å². The van der Waals surface area contributed by atoms with Gasteiger partial charge in [0.15, 0.2) is 0 Å². The van der Waals surface area contributed by atoms with E-state index in [1.165, 1.54) is 14.2 Å². The van der Waals surface area contributed by atoms with E-state index in [0.717, 1.165) is 12.0 Å². The number of nitrogens with zero attached hydrogens (tertiary/aromatic N) is 2. The molecule has 1 aromatic rings. The molecule has 6 unspecified atom stereocenters. The van der Waals surface area contributed by atoms with Gasteiger partial charge in [0, 0.05) is 25.4 Å². The molecule has 1 saturated carbocycles. The number of para-hydroxylation sites is 1. The summed E-state index contributed by atoms with van der Waals surface area (Å²) in [6.45, 7) is 2.75. The normalized spacial score (nSPS) is 37.4. The van der Waals surface area contributed by atoms with Gasteiger partial charge in [0.1, 0.15) is 17.2 Å². The lowest BCUT2D eigenvalue weighted by molar-refractivity contribution is -0.179. The molecule has 4 aliphatic rings. The Hall–Kier alpha value is -2.45. The van der Waals surface area contributed by atoms with Gasteiger partial charge >= 0.3 is 5.97 Å². The number of piperidine rings is 1. The van der Waals surface area contributed by atoms with Gasteiger partial charge in [0.2, 0.25) is 6.41 Å². The van der Waals surface area contributed by atoms with Crippen molar-refractivity contribution >= 4 is 23.9 Å². The molecular formula is C22H26N2O6. The highest BCUT2D eigenvalue weighted by molar-refractivity contribution is 6.05. The highest BCUT2D eigenvalue weighted by atomic mass is 16.5. The number of hydrogen-bond donors (Lipinski definition) is 1. The van der Waals surface area contributed by atoms with Crippen LogP contribution in [0.2, 0.25) is 0 Å². The lowest BCUT2D eigenvalue weighted by atomic mass is 9.52. The summed E-state index contributed by atoms with van der Waals surface area (Å²) in [6.07, 6.45) is 0.705. The summed E-state index contributed by atoms with van der Waals surface area (Å²) in [5.74, 6) is -1.37. The molecule has 6 atom stereocenters. The Balaban J connectivity index is 1.86. The molecule has 8 nitrogen and oxygen atoms in total. The number of esters is 1. The summed E-state index contributed by atoms with van der Waals surface area (Å²) in [7, 11) is 2.86. The zero-order valence-corrected chi connectivity index (χ0v) is 17.3. The second kappa shape index (κ2) is 6.28. The van der Waals surface area contributed by atoms with Crippen LogP contribution < -0.4 is 9.64 Å². The summed E-state index contributed by atoms with van der Waals surface area (Å²) in [4.78, 5) is 43.4. The van der Waals surface area contributed by atoms with Crippen LogP contribution in [0, 0.1) is 17.8 Å². The molecule has 1 aromatic carbocycles. The standard InChI is InChI=1S/C22H26N2O6/c1-12(26)14-10-23-8-7-21-15-5-4-6-16(29-2)19(15)24(11-25)22(21,23)18(20(28)30-3)13(14)9-17(21)27/h4-6,11-14,18,26H,7-10H2,1-3H3. The second-order valence-electron chi connectivity index (χ2n) is 8.86. The van der Waals surface area contributed by atoms with Crippen molar-refractivity contribution < 1.29 is 29.0 Å². The zero-order valence-electron chi connectivity index (χ0n) is 17.3.